The van der Waals surface area contributed by atoms with Gasteiger partial charge in [-0.25, -0.2) is 9.67 Å². The molecule has 130 valence electrons. The highest BCUT2D eigenvalue weighted by Gasteiger charge is 2.32. The molecule has 6 nitrogen and oxygen atoms in total. The molecule has 0 bridgehead atoms. The van der Waals surface area contributed by atoms with Gasteiger partial charge in [0.2, 0.25) is 0 Å². The number of amides is 1. The van der Waals surface area contributed by atoms with Gasteiger partial charge in [-0.2, -0.15) is 5.10 Å². The molecule has 1 aliphatic rings. The van der Waals surface area contributed by atoms with Gasteiger partial charge in [0.05, 0.1) is 30.1 Å². The van der Waals surface area contributed by atoms with E-state index < -0.39 is 0 Å². The van der Waals surface area contributed by atoms with E-state index in [1.807, 2.05) is 22.6 Å². The number of carbonyl (C=O) groups is 1. The molecule has 1 amide bonds. The third kappa shape index (κ3) is 2.79. The molecular formula is C18H26N4O2. The van der Waals surface area contributed by atoms with Gasteiger partial charge in [-0.1, -0.05) is 6.92 Å². The van der Waals surface area contributed by atoms with Crippen LogP contribution in [0, 0.1) is 12.8 Å². The van der Waals surface area contributed by atoms with E-state index in [9.17, 15) is 9.90 Å². The summed E-state index contributed by atoms with van der Waals surface area (Å²) in [7, 11) is 0. The summed E-state index contributed by atoms with van der Waals surface area (Å²) in [6.45, 7) is 8.78. The summed E-state index contributed by atoms with van der Waals surface area (Å²) in [6.07, 6.45) is 3.79. The van der Waals surface area contributed by atoms with Crippen LogP contribution in [-0.2, 0) is 0 Å². The Morgan fingerprint density at radius 2 is 2.21 bits per heavy atom. The molecule has 1 aliphatic heterocycles. The average molecular weight is 330 g/mol. The van der Waals surface area contributed by atoms with Crippen LogP contribution in [0.4, 0.5) is 0 Å². The number of rotatable bonds is 3. The molecule has 0 aromatic carbocycles. The molecule has 1 fully saturated rings. The van der Waals surface area contributed by atoms with Crippen molar-refractivity contribution in [2.75, 3.05) is 13.2 Å². The Bertz CT molecular complexity index is 753. The number of aliphatic hydroxyl groups excluding tert-OH is 1. The van der Waals surface area contributed by atoms with Gasteiger partial charge in [-0.3, -0.25) is 4.79 Å². The van der Waals surface area contributed by atoms with Crippen LogP contribution in [-0.4, -0.2) is 49.9 Å². The summed E-state index contributed by atoms with van der Waals surface area (Å²) in [5.41, 5.74) is 2.13. The van der Waals surface area contributed by atoms with Crippen molar-refractivity contribution in [3.8, 4) is 0 Å². The average Bonchev–Trinajstić information content (AvgIpc) is 2.96. The second-order valence-corrected chi connectivity index (χ2v) is 7.09. The highest BCUT2D eigenvalue weighted by atomic mass is 16.3. The SMILES string of the molecule is Cc1nc2c(cnn2C(C)C)cc1C(=O)N1CCCC(C)C1CO. The number of hydrogen-bond acceptors (Lipinski definition) is 4. The first-order valence-corrected chi connectivity index (χ1v) is 8.70. The van der Waals surface area contributed by atoms with Crippen molar-refractivity contribution in [2.24, 2.45) is 5.92 Å². The second-order valence-electron chi connectivity index (χ2n) is 7.09. The first-order valence-electron chi connectivity index (χ1n) is 8.70. The third-order valence-corrected chi connectivity index (χ3v) is 5.04. The Morgan fingerprint density at radius 3 is 2.88 bits per heavy atom. The summed E-state index contributed by atoms with van der Waals surface area (Å²) < 4.78 is 1.87. The van der Waals surface area contributed by atoms with Crippen molar-refractivity contribution in [1.29, 1.82) is 0 Å². The minimum atomic E-state index is -0.111. The zero-order valence-corrected chi connectivity index (χ0v) is 14.9. The molecule has 3 rings (SSSR count). The van der Waals surface area contributed by atoms with Crippen LogP contribution in [0.15, 0.2) is 12.3 Å². The van der Waals surface area contributed by atoms with Gasteiger partial charge in [0, 0.05) is 18.0 Å². The van der Waals surface area contributed by atoms with Gasteiger partial charge in [0.15, 0.2) is 5.65 Å². The van der Waals surface area contributed by atoms with E-state index in [2.05, 4.69) is 30.9 Å². The smallest absolute Gasteiger partial charge is 0.256 e. The van der Waals surface area contributed by atoms with Crippen molar-refractivity contribution in [3.63, 3.8) is 0 Å². The molecule has 0 saturated carbocycles. The molecule has 6 heteroatoms. The Hall–Kier alpha value is -1.95. The third-order valence-electron chi connectivity index (χ3n) is 5.04. The van der Waals surface area contributed by atoms with E-state index in [0.717, 1.165) is 23.9 Å². The van der Waals surface area contributed by atoms with E-state index in [1.54, 1.807) is 6.20 Å². The standard InChI is InChI=1S/C18H26N4O2/c1-11(2)22-17-14(9-19-22)8-15(13(4)20-17)18(24)21-7-5-6-12(3)16(21)10-23/h8-9,11-12,16,23H,5-7,10H2,1-4H3. The van der Waals surface area contributed by atoms with Crippen LogP contribution in [0.3, 0.4) is 0 Å². The van der Waals surface area contributed by atoms with E-state index in [4.69, 9.17) is 0 Å². The quantitative estimate of drug-likeness (QED) is 0.939. The van der Waals surface area contributed by atoms with Gasteiger partial charge in [-0.05, 0) is 45.6 Å². The lowest BCUT2D eigenvalue weighted by Crippen LogP contribution is -2.49. The van der Waals surface area contributed by atoms with Gasteiger partial charge >= 0.3 is 0 Å². The Labute approximate surface area is 142 Å². The van der Waals surface area contributed by atoms with E-state index in [0.29, 0.717) is 23.7 Å². The molecule has 3 heterocycles. The maximum Gasteiger partial charge on any atom is 0.256 e. The van der Waals surface area contributed by atoms with Crippen molar-refractivity contribution in [3.05, 3.63) is 23.5 Å². The summed E-state index contributed by atoms with van der Waals surface area (Å²) in [5.74, 6) is 0.276. The number of piperidine rings is 1. The molecular weight excluding hydrogens is 304 g/mol. The number of pyridine rings is 1. The predicted octanol–water partition coefficient (Wildman–Crippen LogP) is 2.55. The van der Waals surface area contributed by atoms with Crippen molar-refractivity contribution in [1.82, 2.24) is 19.7 Å². The van der Waals surface area contributed by atoms with Crippen molar-refractivity contribution in [2.45, 2.75) is 52.6 Å². The lowest BCUT2D eigenvalue weighted by molar-refractivity contribution is 0.0357. The molecule has 24 heavy (non-hydrogen) atoms. The highest BCUT2D eigenvalue weighted by molar-refractivity contribution is 5.98. The van der Waals surface area contributed by atoms with Crippen LogP contribution in [0.1, 0.15) is 55.7 Å². The highest BCUT2D eigenvalue weighted by Crippen LogP contribution is 2.26. The minimum Gasteiger partial charge on any atom is -0.394 e. The normalized spacial score (nSPS) is 21.7. The number of aliphatic hydroxyl groups is 1. The van der Waals surface area contributed by atoms with Crippen LogP contribution in [0.5, 0.6) is 0 Å². The summed E-state index contributed by atoms with van der Waals surface area (Å²) in [5, 5.41) is 15.0. The second kappa shape index (κ2) is 6.51. The fourth-order valence-corrected chi connectivity index (χ4v) is 3.59. The van der Waals surface area contributed by atoms with E-state index >= 15 is 0 Å². The molecule has 1 N–H and O–H groups in total. The fourth-order valence-electron chi connectivity index (χ4n) is 3.59. The first-order chi connectivity index (χ1) is 11.4. The first kappa shape index (κ1) is 16.9. The van der Waals surface area contributed by atoms with Gasteiger partial charge in [0.25, 0.3) is 5.91 Å². The van der Waals surface area contributed by atoms with E-state index in [-0.39, 0.29) is 24.6 Å². The summed E-state index contributed by atoms with van der Waals surface area (Å²) in [6, 6.07) is 2.00. The molecule has 2 aromatic rings. The zero-order chi connectivity index (χ0) is 17.4. The number of carbonyl (C=O) groups excluding carboxylic acids is 1. The summed E-state index contributed by atoms with van der Waals surface area (Å²) >= 11 is 0. The summed E-state index contributed by atoms with van der Waals surface area (Å²) in [4.78, 5) is 19.5. The number of fused-ring (bicyclic) bond motifs is 1. The van der Waals surface area contributed by atoms with Crippen LogP contribution in [0.2, 0.25) is 0 Å². The molecule has 0 radical (unpaired) electrons. The van der Waals surface area contributed by atoms with E-state index in [1.165, 1.54) is 0 Å². The lowest BCUT2D eigenvalue weighted by atomic mass is 9.90. The van der Waals surface area contributed by atoms with Gasteiger partial charge < -0.3 is 10.0 Å². The molecule has 2 atom stereocenters. The van der Waals surface area contributed by atoms with Crippen molar-refractivity contribution >= 4 is 16.9 Å². The Balaban J connectivity index is 1.99. The number of aromatic nitrogens is 3. The topological polar surface area (TPSA) is 71.2 Å². The maximum atomic E-state index is 13.1. The number of hydrogen-bond donors (Lipinski definition) is 1. The molecule has 2 unspecified atom stereocenters. The van der Waals surface area contributed by atoms with Crippen LogP contribution >= 0.6 is 0 Å². The largest absolute Gasteiger partial charge is 0.394 e. The molecule has 1 saturated heterocycles. The number of likely N-dealkylation sites (tertiary alicyclic amines) is 1. The Morgan fingerprint density at radius 1 is 1.46 bits per heavy atom. The van der Waals surface area contributed by atoms with Gasteiger partial charge in [-0.15, -0.1) is 0 Å². The van der Waals surface area contributed by atoms with Crippen molar-refractivity contribution < 1.29 is 9.90 Å². The number of nitrogens with zero attached hydrogens (tertiary/aromatic N) is 4. The molecule has 2 aromatic heterocycles. The molecule has 0 spiro atoms. The van der Waals surface area contributed by atoms with Crippen LogP contribution < -0.4 is 0 Å². The maximum absolute atomic E-state index is 13.1. The minimum absolute atomic E-state index is 0.00685. The fraction of sp³-hybridized carbons (Fsp3) is 0.611. The zero-order valence-electron chi connectivity index (χ0n) is 14.9. The van der Waals surface area contributed by atoms with Gasteiger partial charge in [0.1, 0.15) is 0 Å². The monoisotopic (exact) mass is 330 g/mol. The van der Waals surface area contributed by atoms with Crippen LogP contribution in [0.25, 0.3) is 11.0 Å². The Kier molecular flexibility index (Phi) is 4.58. The number of aryl methyl sites for hydroxylation is 1. The lowest BCUT2D eigenvalue weighted by Gasteiger charge is -2.39. The molecule has 0 aliphatic carbocycles. The predicted molar refractivity (Wildman–Crippen MR) is 93.0 cm³/mol.